The molecule has 20 heavy (non-hydrogen) atoms. The number of hydrogen-bond donors (Lipinski definition) is 2. The third-order valence-electron chi connectivity index (χ3n) is 3.38. The Labute approximate surface area is 125 Å². The van der Waals surface area contributed by atoms with Crippen LogP contribution in [0.25, 0.3) is 0 Å². The van der Waals surface area contributed by atoms with Crippen LogP contribution in [-0.4, -0.2) is 42.1 Å². The number of nitrogens with two attached hydrogens (primary N) is 1. The summed E-state index contributed by atoms with van der Waals surface area (Å²) in [7, 11) is 0. The van der Waals surface area contributed by atoms with Crippen LogP contribution in [0.3, 0.4) is 0 Å². The molecule has 1 aromatic rings. The van der Waals surface area contributed by atoms with E-state index in [1.54, 1.807) is 0 Å². The quantitative estimate of drug-likeness (QED) is 0.836. The molecule has 114 valence electrons. The van der Waals surface area contributed by atoms with Gasteiger partial charge in [-0.2, -0.15) is 0 Å². The van der Waals surface area contributed by atoms with Crippen molar-refractivity contribution in [3.05, 3.63) is 17.5 Å². The molecule has 1 atom stereocenters. The molecule has 6 nitrogen and oxygen atoms in total. The predicted molar refractivity (Wildman–Crippen MR) is 78.6 cm³/mol. The van der Waals surface area contributed by atoms with Crippen molar-refractivity contribution in [3.63, 3.8) is 0 Å². The second-order valence-corrected chi connectivity index (χ2v) is 5.09. The van der Waals surface area contributed by atoms with Crippen LogP contribution in [0.5, 0.6) is 0 Å². The van der Waals surface area contributed by atoms with Crippen molar-refractivity contribution >= 4 is 18.3 Å². The molecule has 2 rings (SSSR count). The minimum atomic E-state index is 0. The van der Waals surface area contributed by atoms with E-state index in [-0.39, 0.29) is 24.2 Å². The normalized spacial score (nSPS) is 19.4. The van der Waals surface area contributed by atoms with Gasteiger partial charge in [0, 0.05) is 25.7 Å². The van der Waals surface area contributed by atoms with Gasteiger partial charge >= 0.3 is 0 Å². The number of piperidine rings is 1. The number of hydrogen-bond acceptors (Lipinski definition) is 5. The fourth-order valence-electron chi connectivity index (χ4n) is 2.46. The molecule has 1 amide bonds. The van der Waals surface area contributed by atoms with Gasteiger partial charge in [0.2, 0.25) is 5.91 Å². The first kappa shape index (κ1) is 16.9. The highest BCUT2D eigenvalue weighted by molar-refractivity contribution is 5.85. The first-order valence-electron chi connectivity index (χ1n) is 6.81. The number of halogens is 1. The summed E-state index contributed by atoms with van der Waals surface area (Å²) >= 11 is 0. The van der Waals surface area contributed by atoms with E-state index in [1.807, 2.05) is 13.0 Å². The van der Waals surface area contributed by atoms with Crippen LogP contribution in [0.1, 0.15) is 24.3 Å². The highest BCUT2D eigenvalue weighted by Gasteiger charge is 2.26. The summed E-state index contributed by atoms with van der Waals surface area (Å²) in [6.07, 6.45) is 1.98. The number of carbonyl (C=O) groups is 1. The Bertz CT molecular complexity index is 424. The molecule has 0 bridgehead atoms. The Morgan fingerprint density at radius 2 is 2.45 bits per heavy atom. The molecule has 0 saturated carbocycles. The van der Waals surface area contributed by atoms with Gasteiger partial charge in [0.15, 0.2) is 5.76 Å². The molecule has 0 aliphatic carbocycles. The summed E-state index contributed by atoms with van der Waals surface area (Å²) in [4.78, 5) is 14.2. The van der Waals surface area contributed by atoms with Crippen LogP contribution in [0.4, 0.5) is 0 Å². The maximum Gasteiger partial charge on any atom is 0.224 e. The summed E-state index contributed by atoms with van der Waals surface area (Å²) in [6, 6.07) is 1.94. The smallest absolute Gasteiger partial charge is 0.224 e. The van der Waals surface area contributed by atoms with Crippen molar-refractivity contribution in [1.29, 1.82) is 0 Å². The molecule has 7 heteroatoms. The molecular formula is C13H23ClN4O2. The number of aryl methyl sites for hydroxylation is 1. The first-order chi connectivity index (χ1) is 9.19. The van der Waals surface area contributed by atoms with Crippen molar-refractivity contribution < 1.29 is 9.32 Å². The van der Waals surface area contributed by atoms with E-state index in [2.05, 4.69) is 15.4 Å². The number of likely N-dealkylation sites (tertiary alicyclic amines) is 1. The summed E-state index contributed by atoms with van der Waals surface area (Å²) < 4.78 is 5.22. The van der Waals surface area contributed by atoms with Gasteiger partial charge in [0.1, 0.15) is 0 Å². The van der Waals surface area contributed by atoms with Crippen molar-refractivity contribution in [3.8, 4) is 0 Å². The largest absolute Gasteiger partial charge is 0.360 e. The Balaban J connectivity index is 0.00000200. The highest BCUT2D eigenvalue weighted by Crippen LogP contribution is 2.19. The Hall–Kier alpha value is -1.11. The molecule has 1 aliphatic rings. The van der Waals surface area contributed by atoms with Gasteiger partial charge in [-0.1, -0.05) is 5.16 Å². The lowest BCUT2D eigenvalue weighted by Crippen LogP contribution is -2.43. The zero-order valence-electron chi connectivity index (χ0n) is 11.8. The van der Waals surface area contributed by atoms with Gasteiger partial charge < -0.3 is 15.6 Å². The minimum Gasteiger partial charge on any atom is -0.360 e. The Morgan fingerprint density at radius 3 is 3.10 bits per heavy atom. The van der Waals surface area contributed by atoms with E-state index < -0.39 is 0 Å². The van der Waals surface area contributed by atoms with E-state index >= 15 is 0 Å². The molecular weight excluding hydrogens is 280 g/mol. The molecule has 1 unspecified atom stereocenters. The Morgan fingerprint density at radius 1 is 1.65 bits per heavy atom. The van der Waals surface area contributed by atoms with Gasteiger partial charge in [-0.05, 0) is 26.3 Å². The van der Waals surface area contributed by atoms with Crippen LogP contribution in [-0.2, 0) is 11.3 Å². The lowest BCUT2D eigenvalue weighted by molar-refractivity contribution is -0.126. The summed E-state index contributed by atoms with van der Waals surface area (Å²) in [5, 5.41) is 6.75. The number of aromatic nitrogens is 1. The molecule has 3 N–H and O–H groups in total. The van der Waals surface area contributed by atoms with E-state index in [9.17, 15) is 4.79 Å². The number of nitrogens with zero attached hydrogens (tertiary/aromatic N) is 2. The summed E-state index contributed by atoms with van der Waals surface area (Å²) in [5.41, 5.74) is 6.29. The van der Waals surface area contributed by atoms with E-state index in [0.29, 0.717) is 13.1 Å². The topological polar surface area (TPSA) is 84.4 Å². The average Bonchev–Trinajstić information content (AvgIpc) is 2.81. The summed E-state index contributed by atoms with van der Waals surface area (Å²) in [5.74, 6) is 1.04. The summed E-state index contributed by atoms with van der Waals surface area (Å²) in [6.45, 7) is 5.44. The lowest BCUT2D eigenvalue weighted by atomic mass is 9.97. The van der Waals surface area contributed by atoms with Crippen LogP contribution < -0.4 is 11.1 Å². The van der Waals surface area contributed by atoms with Crippen molar-refractivity contribution in [2.75, 3.05) is 26.2 Å². The zero-order chi connectivity index (χ0) is 13.7. The fourth-order valence-corrected chi connectivity index (χ4v) is 2.46. The van der Waals surface area contributed by atoms with Gasteiger partial charge in [-0.25, -0.2) is 0 Å². The molecule has 0 aromatic carbocycles. The Kier molecular flexibility index (Phi) is 6.98. The monoisotopic (exact) mass is 302 g/mol. The SMILES string of the molecule is Cc1cc(CN2CCCC(C(=O)NCCN)C2)on1.Cl. The average molecular weight is 303 g/mol. The molecule has 1 fully saturated rings. The molecule has 0 spiro atoms. The van der Waals surface area contributed by atoms with Gasteiger partial charge in [0.05, 0.1) is 18.2 Å². The molecule has 1 saturated heterocycles. The van der Waals surface area contributed by atoms with Crippen LogP contribution >= 0.6 is 12.4 Å². The minimum absolute atomic E-state index is 0. The predicted octanol–water partition coefficient (Wildman–Crippen LogP) is 0.692. The maximum atomic E-state index is 11.9. The molecule has 1 aliphatic heterocycles. The van der Waals surface area contributed by atoms with E-state index in [4.69, 9.17) is 10.3 Å². The molecule has 0 radical (unpaired) electrons. The van der Waals surface area contributed by atoms with E-state index in [1.165, 1.54) is 0 Å². The second kappa shape index (κ2) is 8.24. The molecule has 1 aromatic heterocycles. The fraction of sp³-hybridized carbons (Fsp3) is 0.692. The third-order valence-corrected chi connectivity index (χ3v) is 3.38. The van der Waals surface area contributed by atoms with E-state index in [0.717, 1.165) is 43.9 Å². The van der Waals surface area contributed by atoms with Gasteiger partial charge in [0.25, 0.3) is 0 Å². The number of amides is 1. The van der Waals surface area contributed by atoms with Crippen molar-refractivity contribution in [2.45, 2.75) is 26.3 Å². The first-order valence-corrected chi connectivity index (χ1v) is 6.81. The van der Waals surface area contributed by atoms with Crippen molar-refractivity contribution in [1.82, 2.24) is 15.4 Å². The second-order valence-electron chi connectivity index (χ2n) is 5.09. The van der Waals surface area contributed by atoms with Crippen LogP contribution in [0, 0.1) is 12.8 Å². The van der Waals surface area contributed by atoms with Gasteiger partial charge in [-0.15, -0.1) is 12.4 Å². The number of rotatable bonds is 5. The standard InChI is InChI=1S/C13H22N4O2.ClH/c1-10-7-12(19-16-10)9-17-6-2-3-11(8-17)13(18)15-5-4-14;/h7,11H,2-6,8-9,14H2,1H3,(H,15,18);1H. The number of carbonyl (C=O) groups excluding carboxylic acids is 1. The highest BCUT2D eigenvalue weighted by atomic mass is 35.5. The third kappa shape index (κ3) is 4.77. The van der Waals surface area contributed by atoms with Crippen LogP contribution in [0.15, 0.2) is 10.6 Å². The zero-order valence-corrected chi connectivity index (χ0v) is 12.6. The van der Waals surface area contributed by atoms with Crippen molar-refractivity contribution in [2.24, 2.45) is 11.7 Å². The van der Waals surface area contributed by atoms with Crippen LogP contribution in [0.2, 0.25) is 0 Å². The maximum absolute atomic E-state index is 11.9. The number of nitrogens with one attached hydrogen (secondary N) is 1. The molecule has 2 heterocycles. The van der Waals surface area contributed by atoms with Gasteiger partial charge in [-0.3, -0.25) is 9.69 Å². The lowest BCUT2D eigenvalue weighted by Gasteiger charge is -2.31.